The Kier molecular flexibility index (Phi) is 6.87. The normalized spacial score (nSPS) is 14.8. The van der Waals surface area contributed by atoms with Gasteiger partial charge in [0.2, 0.25) is 0 Å². The van der Waals surface area contributed by atoms with Gasteiger partial charge in [0.25, 0.3) is 0 Å². The van der Waals surface area contributed by atoms with Gasteiger partial charge >= 0.3 is 0 Å². The summed E-state index contributed by atoms with van der Waals surface area (Å²) in [6, 6.07) is 79.5. The van der Waals surface area contributed by atoms with Crippen molar-refractivity contribution in [2.45, 2.75) is 5.41 Å². The van der Waals surface area contributed by atoms with E-state index >= 15 is 0 Å². The fourth-order valence-electron chi connectivity index (χ4n) is 10.8. The topological polar surface area (TPSA) is 3.24 Å². The van der Waals surface area contributed by atoms with E-state index in [9.17, 15) is 0 Å². The van der Waals surface area contributed by atoms with Crippen LogP contribution in [0.15, 0.2) is 212 Å². The van der Waals surface area contributed by atoms with Crippen LogP contribution in [0.4, 0.5) is 17.1 Å². The van der Waals surface area contributed by atoms with Gasteiger partial charge in [0.05, 0.1) is 11.1 Å². The maximum absolute atomic E-state index is 2.47. The Morgan fingerprint density at radius 3 is 1.61 bits per heavy atom. The molecule has 2 aliphatic rings. The molecule has 1 aromatic heterocycles. The van der Waals surface area contributed by atoms with Gasteiger partial charge in [-0.15, -0.1) is 11.3 Å². The van der Waals surface area contributed by atoms with Gasteiger partial charge in [-0.25, -0.2) is 0 Å². The van der Waals surface area contributed by atoms with Gasteiger partial charge in [0, 0.05) is 36.9 Å². The number of benzene rings is 10. The first-order valence-electron chi connectivity index (χ1n) is 20.4. The molecular formula is C57H35NS. The average Bonchev–Trinajstić information content (AvgIpc) is 3.68. The molecular weight excluding hydrogens is 731 g/mol. The second-order valence-corrected chi connectivity index (χ2v) is 17.0. The third kappa shape index (κ3) is 4.44. The minimum absolute atomic E-state index is 0.562. The van der Waals surface area contributed by atoms with Crippen molar-refractivity contribution in [3.63, 3.8) is 0 Å². The molecule has 1 unspecified atom stereocenters. The number of hydrogen-bond donors (Lipinski definition) is 0. The lowest BCUT2D eigenvalue weighted by molar-refractivity contribution is 0.754. The van der Waals surface area contributed by atoms with E-state index in [2.05, 4.69) is 217 Å². The van der Waals surface area contributed by atoms with Gasteiger partial charge < -0.3 is 4.90 Å². The number of anilines is 3. The average molecular weight is 766 g/mol. The molecule has 10 aromatic carbocycles. The zero-order valence-electron chi connectivity index (χ0n) is 32.1. The molecule has 0 saturated carbocycles. The highest BCUT2D eigenvalue weighted by Gasteiger charge is 2.48. The predicted molar refractivity (Wildman–Crippen MR) is 251 cm³/mol. The van der Waals surface area contributed by atoms with E-state index in [4.69, 9.17) is 0 Å². The highest BCUT2D eigenvalue weighted by atomic mass is 32.1. The fraction of sp³-hybridized carbons (Fsp3) is 0.0175. The van der Waals surface area contributed by atoms with Crippen LogP contribution in [0.3, 0.4) is 0 Å². The summed E-state index contributed by atoms with van der Waals surface area (Å²) in [5.74, 6) is 0. The van der Waals surface area contributed by atoms with E-state index in [1.807, 2.05) is 11.3 Å². The summed E-state index contributed by atoms with van der Waals surface area (Å²) in [5.41, 5.74) is 15.9. The zero-order valence-corrected chi connectivity index (χ0v) is 32.9. The third-order valence-corrected chi connectivity index (χ3v) is 14.2. The number of thiophene rings is 1. The molecule has 0 amide bonds. The molecule has 0 bridgehead atoms. The van der Waals surface area contributed by atoms with Crippen molar-refractivity contribution in [1.82, 2.24) is 0 Å². The molecule has 274 valence electrons. The molecule has 2 aliphatic carbocycles. The summed E-state index contributed by atoms with van der Waals surface area (Å²) >= 11 is 1.87. The lowest BCUT2D eigenvalue weighted by atomic mass is 9.55. The van der Waals surface area contributed by atoms with Gasteiger partial charge in [-0.3, -0.25) is 0 Å². The maximum Gasteiger partial charge on any atom is 0.0725 e. The van der Waals surface area contributed by atoms with Crippen molar-refractivity contribution < 1.29 is 0 Å². The Bertz CT molecular complexity index is 3510. The van der Waals surface area contributed by atoms with E-state index in [0.29, 0.717) is 0 Å². The fourth-order valence-corrected chi connectivity index (χ4v) is 11.9. The molecule has 1 spiro atoms. The molecule has 11 aromatic rings. The monoisotopic (exact) mass is 765 g/mol. The van der Waals surface area contributed by atoms with Gasteiger partial charge in [-0.1, -0.05) is 176 Å². The van der Waals surface area contributed by atoms with Crippen LogP contribution in [0, 0.1) is 0 Å². The van der Waals surface area contributed by atoms with Crippen LogP contribution in [-0.4, -0.2) is 0 Å². The molecule has 1 nitrogen and oxygen atoms in total. The molecule has 0 aliphatic heterocycles. The largest absolute Gasteiger partial charge is 0.310 e. The first-order chi connectivity index (χ1) is 29.3. The Morgan fingerprint density at radius 1 is 0.322 bits per heavy atom. The second kappa shape index (κ2) is 12.4. The van der Waals surface area contributed by atoms with E-state index in [1.165, 1.54) is 103 Å². The lowest BCUT2D eigenvalue weighted by Crippen LogP contribution is -2.36. The summed E-state index contributed by atoms with van der Waals surface area (Å²) in [6.07, 6.45) is 0. The van der Waals surface area contributed by atoms with Crippen molar-refractivity contribution in [3.8, 4) is 33.4 Å². The Morgan fingerprint density at radius 2 is 0.864 bits per heavy atom. The van der Waals surface area contributed by atoms with Crippen LogP contribution in [0.5, 0.6) is 0 Å². The van der Waals surface area contributed by atoms with Gasteiger partial charge in [-0.2, -0.15) is 0 Å². The number of para-hydroxylation sites is 1. The number of rotatable bonds is 4. The third-order valence-electron chi connectivity index (χ3n) is 13.1. The summed E-state index contributed by atoms with van der Waals surface area (Å²) < 4.78 is 2.61. The molecule has 2 heteroatoms. The van der Waals surface area contributed by atoms with Crippen molar-refractivity contribution in [3.05, 3.63) is 235 Å². The van der Waals surface area contributed by atoms with Crippen molar-refractivity contribution >= 4 is 70.1 Å². The van der Waals surface area contributed by atoms with E-state index < -0.39 is 5.41 Å². The SMILES string of the molecule is c1ccc(-c2ccc3c4c(cccc24)C2(c4ccccc4-3)c3ccccc3-c3ccc(N(c4ccccc4)c4ccc5c(c4)sc4ccccc45)c4cccc2c34)cc1. The summed E-state index contributed by atoms with van der Waals surface area (Å²) in [4.78, 5) is 2.47. The highest BCUT2D eigenvalue weighted by molar-refractivity contribution is 7.25. The van der Waals surface area contributed by atoms with E-state index in [1.54, 1.807) is 0 Å². The highest BCUT2D eigenvalue weighted by Crippen LogP contribution is 2.62. The summed E-state index contributed by atoms with van der Waals surface area (Å²) in [7, 11) is 0. The van der Waals surface area contributed by atoms with E-state index in [0.717, 1.165) is 11.4 Å². The van der Waals surface area contributed by atoms with Gasteiger partial charge in [0.15, 0.2) is 0 Å². The molecule has 0 N–H and O–H groups in total. The van der Waals surface area contributed by atoms with Crippen molar-refractivity contribution in [2.75, 3.05) is 4.90 Å². The first kappa shape index (κ1) is 32.8. The summed E-state index contributed by atoms with van der Waals surface area (Å²) in [6.45, 7) is 0. The number of nitrogens with zero attached hydrogens (tertiary/aromatic N) is 1. The molecule has 1 heterocycles. The first-order valence-corrected chi connectivity index (χ1v) is 21.2. The van der Waals surface area contributed by atoms with Crippen LogP contribution < -0.4 is 4.90 Å². The Hall–Kier alpha value is -7.26. The Labute approximate surface area is 346 Å². The standard InChI is InChI=1S/C57H35NS/c1-3-15-36(16-4-1)39-31-32-45-40-19-7-10-24-48(40)57(50-26-13-22-44(39)55(45)50)49-25-11-8-20-41(49)46-33-34-52(47-23-14-27-51(57)56(46)47)58(37-17-5-2-6-18-37)38-29-30-43-42-21-9-12-28-53(42)59-54(43)35-38/h1-35H. The quantitative estimate of drug-likeness (QED) is 0.172. The van der Waals surface area contributed by atoms with Crippen LogP contribution in [-0.2, 0) is 5.41 Å². The minimum atomic E-state index is -0.562. The summed E-state index contributed by atoms with van der Waals surface area (Å²) in [5, 5.41) is 7.79. The van der Waals surface area contributed by atoms with Crippen LogP contribution in [0.2, 0.25) is 0 Å². The molecule has 0 radical (unpaired) electrons. The van der Waals surface area contributed by atoms with Crippen LogP contribution in [0.25, 0.3) is 75.1 Å². The number of hydrogen-bond acceptors (Lipinski definition) is 2. The minimum Gasteiger partial charge on any atom is -0.310 e. The van der Waals surface area contributed by atoms with Crippen molar-refractivity contribution in [1.29, 1.82) is 0 Å². The molecule has 1 atom stereocenters. The molecule has 13 rings (SSSR count). The smallest absolute Gasteiger partial charge is 0.0725 e. The lowest BCUT2D eigenvalue weighted by Gasteiger charge is -2.46. The molecule has 59 heavy (non-hydrogen) atoms. The second-order valence-electron chi connectivity index (χ2n) is 15.9. The van der Waals surface area contributed by atoms with Gasteiger partial charge in [-0.05, 0) is 108 Å². The predicted octanol–water partition coefficient (Wildman–Crippen LogP) is 15.8. The Balaban J connectivity index is 1.14. The van der Waals surface area contributed by atoms with Gasteiger partial charge in [0.1, 0.15) is 0 Å². The van der Waals surface area contributed by atoms with Crippen LogP contribution >= 0.6 is 11.3 Å². The number of fused-ring (bicyclic) bond motifs is 11. The van der Waals surface area contributed by atoms with Crippen LogP contribution in [0.1, 0.15) is 22.3 Å². The molecule has 0 fully saturated rings. The molecule has 0 saturated heterocycles. The zero-order chi connectivity index (χ0) is 38.7. The van der Waals surface area contributed by atoms with E-state index in [-0.39, 0.29) is 0 Å². The van der Waals surface area contributed by atoms with Crippen molar-refractivity contribution in [2.24, 2.45) is 0 Å². The maximum atomic E-state index is 2.47.